The van der Waals surface area contributed by atoms with Gasteiger partial charge < -0.3 is 10.1 Å². The van der Waals surface area contributed by atoms with Gasteiger partial charge in [-0.25, -0.2) is 9.37 Å². The summed E-state index contributed by atoms with van der Waals surface area (Å²) in [5.41, 5.74) is 1.36. The molecule has 1 aliphatic rings. The third-order valence-corrected chi connectivity index (χ3v) is 6.14. The molecular formula is C20H23FN4O2S. The number of hydrogen-bond donors (Lipinski definition) is 1. The van der Waals surface area contributed by atoms with Gasteiger partial charge >= 0.3 is 0 Å². The van der Waals surface area contributed by atoms with Gasteiger partial charge in [0.1, 0.15) is 5.82 Å². The summed E-state index contributed by atoms with van der Waals surface area (Å²) in [5.74, 6) is -0.234. The largest absolute Gasteiger partial charge is 0.381 e. The minimum atomic E-state index is -0.234. The standard InChI is InChI=1S/C20H23FN4O2S/c1-2-4-16-12-17(26)25-19(23-16)28-18(24-25)22-13-20(7-9-27-10-8-20)14-5-3-6-15(21)11-14/h3,5-6,11-12H,2,4,7-10,13H2,1H3,(H,22,24). The minimum Gasteiger partial charge on any atom is -0.381 e. The number of aryl methyl sites for hydroxylation is 1. The highest BCUT2D eigenvalue weighted by Gasteiger charge is 2.35. The maximum atomic E-state index is 13.8. The molecule has 3 aromatic rings. The van der Waals surface area contributed by atoms with Gasteiger partial charge in [-0.05, 0) is 37.0 Å². The number of nitrogens with zero attached hydrogens (tertiary/aromatic N) is 3. The van der Waals surface area contributed by atoms with Crippen molar-refractivity contribution in [1.82, 2.24) is 14.6 Å². The molecule has 1 N–H and O–H groups in total. The fourth-order valence-electron chi connectivity index (χ4n) is 3.70. The SMILES string of the molecule is CCCc1cc(=O)n2nc(NCC3(c4cccc(F)c4)CCOCC3)sc2n1. The summed E-state index contributed by atoms with van der Waals surface area (Å²) in [7, 11) is 0. The lowest BCUT2D eigenvalue weighted by Gasteiger charge is -2.37. The van der Waals surface area contributed by atoms with Gasteiger partial charge in [-0.1, -0.05) is 36.8 Å². The Labute approximate surface area is 166 Å². The van der Waals surface area contributed by atoms with E-state index in [-0.39, 0.29) is 16.8 Å². The number of benzene rings is 1. The number of hydrogen-bond acceptors (Lipinski definition) is 6. The first kappa shape index (κ1) is 19.0. The molecule has 0 radical (unpaired) electrons. The Kier molecular flexibility index (Phi) is 5.41. The molecule has 0 aliphatic carbocycles. The van der Waals surface area contributed by atoms with Crippen molar-refractivity contribution in [2.45, 2.75) is 38.0 Å². The van der Waals surface area contributed by atoms with E-state index in [1.54, 1.807) is 18.2 Å². The van der Waals surface area contributed by atoms with Crippen LogP contribution in [-0.4, -0.2) is 34.4 Å². The van der Waals surface area contributed by atoms with Crippen LogP contribution < -0.4 is 10.9 Å². The van der Waals surface area contributed by atoms with Gasteiger partial charge in [-0.3, -0.25) is 4.79 Å². The highest BCUT2D eigenvalue weighted by Crippen LogP contribution is 2.35. The van der Waals surface area contributed by atoms with Crippen LogP contribution in [0.25, 0.3) is 4.96 Å². The summed E-state index contributed by atoms with van der Waals surface area (Å²) in [6.45, 7) is 3.93. The molecule has 4 rings (SSSR count). The number of aromatic nitrogens is 3. The second kappa shape index (κ2) is 7.97. The fourth-order valence-corrected chi connectivity index (χ4v) is 4.52. The van der Waals surface area contributed by atoms with Gasteiger partial charge in [0.2, 0.25) is 10.1 Å². The van der Waals surface area contributed by atoms with E-state index in [1.807, 2.05) is 6.07 Å². The van der Waals surface area contributed by atoms with Gasteiger partial charge in [0.15, 0.2) is 0 Å². The molecule has 3 heterocycles. The second-order valence-electron chi connectivity index (χ2n) is 7.19. The Morgan fingerprint density at radius 1 is 1.32 bits per heavy atom. The van der Waals surface area contributed by atoms with Crippen LogP contribution in [0.2, 0.25) is 0 Å². The van der Waals surface area contributed by atoms with Gasteiger partial charge in [-0.15, -0.1) is 5.10 Å². The lowest BCUT2D eigenvalue weighted by molar-refractivity contribution is 0.0543. The number of anilines is 1. The molecule has 2 aromatic heterocycles. The average molecular weight is 402 g/mol. The molecule has 0 bridgehead atoms. The monoisotopic (exact) mass is 402 g/mol. The van der Waals surface area contributed by atoms with Crippen molar-refractivity contribution >= 4 is 21.4 Å². The van der Waals surface area contributed by atoms with Crippen LogP contribution in [-0.2, 0) is 16.6 Å². The van der Waals surface area contributed by atoms with E-state index in [9.17, 15) is 9.18 Å². The van der Waals surface area contributed by atoms with Gasteiger partial charge in [0.05, 0.1) is 0 Å². The van der Waals surface area contributed by atoms with E-state index < -0.39 is 0 Å². The zero-order valence-corrected chi connectivity index (χ0v) is 16.6. The lowest BCUT2D eigenvalue weighted by atomic mass is 9.74. The Bertz CT molecular complexity index is 1030. The Hall–Kier alpha value is -2.32. The van der Waals surface area contributed by atoms with Crippen LogP contribution in [0.4, 0.5) is 9.52 Å². The van der Waals surface area contributed by atoms with E-state index >= 15 is 0 Å². The normalized spacial score (nSPS) is 16.4. The van der Waals surface area contributed by atoms with Crippen LogP contribution in [0.1, 0.15) is 37.4 Å². The maximum absolute atomic E-state index is 13.8. The molecular weight excluding hydrogens is 379 g/mol. The second-order valence-corrected chi connectivity index (χ2v) is 8.15. The molecule has 148 valence electrons. The number of ether oxygens (including phenoxy) is 1. The highest BCUT2D eigenvalue weighted by atomic mass is 32.1. The average Bonchev–Trinajstić information content (AvgIpc) is 3.11. The van der Waals surface area contributed by atoms with Crippen LogP contribution in [0, 0.1) is 5.82 Å². The van der Waals surface area contributed by atoms with Gasteiger partial charge in [0, 0.05) is 36.9 Å². The number of fused-ring (bicyclic) bond motifs is 1. The van der Waals surface area contributed by atoms with E-state index in [4.69, 9.17) is 4.74 Å². The molecule has 1 aromatic carbocycles. The van der Waals surface area contributed by atoms with Crippen molar-refractivity contribution in [2.75, 3.05) is 25.1 Å². The summed E-state index contributed by atoms with van der Waals surface area (Å²) in [6.07, 6.45) is 3.31. The molecule has 1 fully saturated rings. The number of halogens is 1. The molecule has 0 amide bonds. The molecule has 1 aliphatic heterocycles. The van der Waals surface area contributed by atoms with Crippen molar-refractivity contribution in [3.63, 3.8) is 0 Å². The zero-order chi connectivity index (χ0) is 19.6. The van der Waals surface area contributed by atoms with Crippen molar-refractivity contribution in [2.24, 2.45) is 0 Å². The minimum absolute atomic E-state index is 0.163. The number of rotatable bonds is 6. The molecule has 0 spiro atoms. The molecule has 28 heavy (non-hydrogen) atoms. The first-order chi connectivity index (χ1) is 13.6. The zero-order valence-electron chi connectivity index (χ0n) is 15.8. The molecule has 0 unspecified atom stereocenters. The Balaban J connectivity index is 1.60. The Morgan fingerprint density at radius 2 is 2.14 bits per heavy atom. The third-order valence-electron chi connectivity index (χ3n) is 5.27. The lowest BCUT2D eigenvalue weighted by Crippen LogP contribution is -2.40. The fraction of sp³-hybridized carbons (Fsp3) is 0.450. The summed E-state index contributed by atoms with van der Waals surface area (Å²) in [5, 5.41) is 8.39. The Morgan fingerprint density at radius 3 is 2.89 bits per heavy atom. The van der Waals surface area contributed by atoms with Crippen molar-refractivity contribution in [3.8, 4) is 0 Å². The molecule has 6 nitrogen and oxygen atoms in total. The first-order valence-corrected chi connectivity index (χ1v) is 10.4. The van der Waals surface area contributed by atoms with E-state index in [2.05, 4.69) is 22.3 Å². The third kappa shape index (κ3) is 3.79. The van der Waals surface area contributed by atoms with Crippen molar-refractivity contribution in [3.05, 3.63) is 57.8 Å². The van der Waals surface area contributed by atoms with Crippen molar-refractivity contribution in [1.29, 1.82) is 0 Å². The summed E-state index contributed by atoms with van der Waals surface area (Å²) < 4.78 is 20.7. The van der Waals surface area contributed by atoms with Crippen LogP contribution in [0.3, 0.4) is 0 Å². The smallest absolute Gasteiger partial charge is 0.275 e. The highest BCUT2D eigenvalue weighted by molar-refractivity contribution is 7.20. The van der Waals surface area contributed by atoms with Crippen LogP contribution in [0.15, 0.2) is 35.1 Å². The van der Waals surface area contributed by atoms with Gasteiger partial charge in [-0.2, -0.15) is 4.52 Å². The van der Waals surface area contributed by atoms with Crippen LogP contribution >= 0.6 is 11.3 Å². The van der Waals surface area contributed by atoms with Crippen LogP contribution in [0.5, 0.6) is 0 Å². The molecule has 1 saturated heterocycles. The van der Waals surface area contributed by atoms with Gasteiger partial charge in [0.25, 0.3) is 5.56 Å². The topological polar surface area (TPSA) is 68.5 Å². The van der Waals surface area contributed by atoms with E-state index in [0.717, 1.165) is 36.9 Å². The summed E-state index contributed by atoms with van der Waals surface area (Å²) in [4.78, 5) is 17.4. The van der Waals surface area contributed by atoms with E-state index in [0.29, 0.717) is 29.9 Å². The first-order valence-electron chi connectivity index (χ1n) is 9.57. The summed E-state index contributed by atoms with van der Waals surface area (Å²) in [6, 6.07) is 8.33. The van der Waals surface area contributed by atoms with Crippen molar-refractivity contribution < 1.29 is 9.13 Å². The summed E-state index contributed by atoms with van der Waals surface area (Å²) >= 11 is 1.36. The van der Waals surface area contributed by atoms with E-state index in [1.165, 1.54) is 21.9 Å². The molecule has 8 heteroatoms. The predicted octanol–water partition coefficient (Wildman–Crippen LogP) is 3.40. The predicted molar refractivity (Wildman–Crippen MR) is 108 cm³/mol. The number of nitrogens with one attached hydrogen (secondary N) is 1. The quantitative estimate of drug-likeness (QED) is 0.684. The molecule has 0 atom stereocenters. The molecule has 0 saturated carbocycles. The maximum Gasteiger partial charge on any atom is 0.275 e.